The number of pyridine rings is 1. The van der Waals surface area contributed by atoms with E-state index in [0.29, 0.717) is 5.02 Å². The van der Waals surface area contributed by atoms with Crippen LogP contribution in [0.5, 0.6) is 0 Å². The van der Waals surface area contributed by atoms with Gasteiger partial charge in [-0.15, -0.1) is 0 Å². The Kier molecular flexibility index (Phi) is 3.53. The maximum Gasteiger partial charge on any atom is 0.226 e. The normalized spacial score (nSPS) is 20.0. The van der Waals surface area contributed by atoms with Gasteiger partial charge in [-0.3, -0.25) is 9.78 Å². The Bertz CT molecular complexity index is 721. The number of hydrogen-bond donors (Lipinski definition) is 1. The minimum atomic E-state index is -0.175. The summed E-state index contributed by atoms with van der Waals surface area (Å²) in [4.78, 5) is 18.6. The molecule has 120 valence electrons. The van der Waals surface area contributed by atoms with Crippen molar-refractivity contribution in [3.05, 3.63) is 36.0 Å². The van der Waals surface area contributed by atoms with Crippen molar-refractivity contribution in [3.8, 4) is 11.1 Å². The highest BCUT2D eigenvalue weighted by molar-refractivity contribution is 6.33. The monoisotopic (exact) mass is 331 g/mol. The number of anilines is 1. The third kappa shape index (κ3) is 2.39. The summed E-state index contributed by atoms with van der Waals surface area (Å²) in [6, 6.07) is 1.91. The van der Waals surface area contributed by atoms with Gasteiger partial charge in [-0.1, -0.05) is 11.6 Å². The largest absolute Gasteiger partial charge is 0.472 e. The summed E-state index contributed by atoms with van der Waals surface area (Å²) < 4.78 is 5.20. The lowest BCUT2D eigenvalue weighted by Gasteiger charge is -2.39. The van der Waals surface area contributed by atoms with Gasteiger partial charge in [-0.2, -0.15) is 0 Å². The van der Waals surface area contributed by atoms with Crippen LogP contribution in [0.25, 0.3) is 11.1 Å². The highest BCUT2D eigenvalue weighted by Crippen LogP contribution is 2.43. The molecule has 23 heavy (non-hydrogen) atoms. The third-order valence-electron chi connectivity index (χ3n) is 5.11. The molecular weight excluding hydrogens is 314 g/mol. The fraction of sp³-hybridized carbons (Fsp3) is 0.412. The molecule has 0 saturated carbocycles. The zero-order valence-corrected chi connectivity index (χ0v) is 13.5. The second-order valence-electron chi connectivity index (χ2n) is 6.30. The number of halogens is 1. The van der Waals surface area contributed by atoms with E-state index in [2.05, 4.69) is 15.2 Å². The molecule has 2 aromatic heterocycles. The Morgan fingerprint density at radius 2 is 2.09 bits per heavy atom. The van der Waals surface area contributed by atoms with Crippen LogP contribution in [0.2, 0.25) is 5.02 Å². The summed E-state index contributed by atoms with van der Waals surface area (Å²) in [5, 5.41) is 3.61. The Labute approximate surface area is 139 Å². The van der Waals surface area contributed by atoms with Gasteiger partial charge in [0.2, 0.25) is 5.91 Å². The molecule has 1 N–H and O–H groups in total. The number of amides is 1. The average Bonchev–Trinajstić information content (AvgIpc) is 3.20. The van der Waals surface area contributed by atoms with E-state index in [9.17, 15) is 4.79 Å². The van der Waals surface area contributed by atoms with Gasteiger partial charge in [0.25, 0.3) is 0 Å². The molecule has 0 aromatic carbocycles. The van der Waals surface area contributed by atoms with Crippen molar-refractivity contribution in [2.45, 2.75) is 19.3 Å². The van der Waals surface area contributed by atoms with Gasteiger partial charge in [-0.05, 0) is 25.3 Å². The van der Waals surface area contributed by atoms with Crippen molar-refractivity contribution < 1.29 is 9.21 Å². The summed E-state index contributed by atoms with van der Waals surface area (Å²) in [7, 11) is 0. The van der Waals surface area contributed by atoms with Crippen LogP contribution in [0, 0.1) is 5.41 Å². The number of carbonyl (C=O) groups is 1. The molecule has 4 rings (SSSR count). The summed E-state index contributed by atoms with van der Waals surface area (Å²) in [5.41, 5.74) is 2.74. The van der Waals surface area contributed by atoms with Crippen molar-refractivity contribution in [1.82, 2.24) is 10.3 Å². The number of rotatable bonds is 2. The van der Waals surface area contributed by atoms with Crippen LogP contribution in [0.1, 0.15) is 19.3 Å². The molecule has 2 aliphatic rings. The first-order valence-corrected chi connectivity index (χ1v) is 8.27. The number of furan rings is 1. The van der Waals surface area contributed by atoms with Crippen LogP contribution in [0.4, 0.5) is 5.69 Å². The lowest BCUT2D eigenvalue weighted by Crippen LogP contribution is -2.44. The van der Waals surface area contributed by atoms with Crippen molar-refractivity contribution in [2.75, 3.05) is 24.5 Å². The van der Waals surface area contributed by atoms with E-state index in [4.69, 9.17) is 16.0 Å². The second-order valence-corrected chi connectivity index (χ2v) is 6.71. The number of hydrogen-bond acceptors (Lipinski definition) is 4. The van der Waals surface area contributed by atoms with Crippen LogP contribution in [0.15, 0.2) is 35.4 Å². The average molecular weight is 332 g/mol. The second kappa shape index (κ2) is 5.57. The predicted molar refractivity (Wildman–Crippen MR) is 88.5 cm³/mol. The molecule has 2 aliphatic heterocycles. The molecule has 0 unspecified atom stereocenters. The van der Waals surface area contributed by atoms with E-state index < -0.39 is 0 Å². The van der Waals surface area contributed by atoms with Gasteiger partial charge in [0.1, 0.15) is 0 Å². The molecule has 0 aliphatic carbocycles. The van der Waals surface area contributed by atoms with Gasteiger partial charge in [-0.25, -0.2) is 0 Å². The van der Waals surface area contributed by atoms with Crippen molar-refractivity contribution in [3.63, 3.8) is 0 Å². The fourth-order valence-corrected chi connectivity index (χ4v) is 4.01. The summed E-state index contributed by atoms with van der Waals surface area (Å²) in [5.74, 6) is 0.216. The first-order chi connectivity index (χ1) is 11.2. The van der Waals surface area contributed by atoms with Gasteiger partial charge >= 0.3 is 0 Å². The molecule has 0 bridgehead atoms. The maximum atomic E-state index is 12.1. The van der Waals surface area contributed by atoms with E-state index in [-0.39, 0.29) is 11.3 Å². The fourth-order valence-electron chi connectivity index (χ4n) is 3.73. The van der Waals surface area contributed by atoms with Crippen LogP contribution >= 0.6 is 11.6 Å². The number of piperidine rings is 1. The van der Waals surface area contributed by atoms with Gasteiger partial charge in [0.05, 0.1) is 28.7 Å². The highest BCUT2D eigenvalue weighted by Gasteiger charge is 2.44. The number of nitrogens with zero attached hydrogens (tertiary/aromatic N) is 2. The Morgan fingerprint density at radius 3 is 2.74 bits per heavy atom. The van der Waals surface area contributed by atoms with E-state index in [1.807, 2.05) is 12.3 Å². The quantitative estimate of drug-likeness (QED) is 0.918. The number of aromatic nitrogens is 1. The summed E-state index contributed by atoms with van der Waals surface area (Å²) >= 11 is 6.45. The standard InChI is InChI=1S/C17H18ClN3O2/c18-14-10-19-9-13(12-1-8-23-11-12)15(14)21-6-3-17(4-7-21)2-5-20-16(17)22/h1,8-11H,2-7H2,(H,20,22). The van der Waals surface area contributed by atoms with E-state index in [1.54, 1.807) is 18.7 Å². The van der Waals surface area contributed by atoms with Crippen LogP contribution in [-0.2, 0) is 4.79 Å². The van der Waals surface area contributed by atoms with Crippen LogP contribution in [-0.4, -0.2) is 30.5 Å². The molecule has 1 amide bonds. The topological polar surface area (TPSA) is 58.4 Å². The van der Waals surface area contributed by atoms with Crippen molar-refractivity contribution in [1.29, 1.82) is 0 Å². The van der Waals surface area contributed by atoms with Crippen molar-refractivity contribution in [2.24, 2.45) is 5.41 Å². The Morgan fingerprint density at radius 1 is 1.26 bits per heavy atom. The number of nitrogens with one attached hydrogen (secondary N) is 1. The molecular formula is C17H18ClN3O2. The van der Waals surface area contributed by atoms with Crippen molar-refractivity contribution >= 4 is 23.2 Å². The Hall–Kier alpha value is -2.01. The van der Waals surface area contributed by atoms with Gasteiger partial charge in [0.15, 0.2) is 0 Å². The zero-order chi connectivity index (χ0) is 15.9. The minimum Gasteiger partial charge on any atom is -0.472 e. The van der Waals surface area contributed by atoms with Crippen LogP contribution in [0.3, 0.4) is 0 Å². The molecule has 6 heteroatoms. The maximum absolute atomic E-state index is 12.1. The molecule has 0 radical (unpaired) electrons. The van der Waals surface area contributed by atoms with Gasteiger partial charge in [0, 0.05) is 43.2 Å². The smallest absolute Gasteiger partial charge is 0.226 e. The first kappa shape index (κ1) is 14.6. The van der Waals surface area contributed by atoms with E-state index in [0.717, 1.165) is 55.7 Å². The highest BCUT2D eigenvalue weighted by atomic mass is 35.5. The van der Waals surface area contributed by atoms with Crippen LogP contribution < -0.4 is 10.2 Å². The van der Waals surface area contributed by atoms with Gasteiger partial charge < -0.3 is 14.6 Å². The predicted octanol–water partition coefficient (Wildman–Crippen LogP) is 3.10. The first-order valence-electron chi connectivity index (χ1n) is 7.89. The minimum absolute atomic E-state index is 0.175. The Balaban J connectivity index is 1.64. The molecule has 0 atom stereocenters. The molecule has 2 saturated heterocycles. The summed E-state index contributed by atoms with van der Waals surface area (Å²) in [6.45, 7) is 2.44. The molecule has 2 aromatic rings. The van der Waals surface area contributed by atoms with E-state index in [1.165, 1.54) is 0 Å². The van der Waals surface area contributed by atoms with E-state index >= 15 is 0 Å². The SMILES string of the molecule is O=C1NCCC12CCN(c1c(Cl)cncc1-c1ccoc1)CC2. The lowest BCUT2D eigenvalue weighted by molar-refractivity contribution is -0.128. The molecule has 1 spiro atoms. The summed E-state index contributed by atoms with van der Waals surface area (Å²) in [6.07, 6.45) is 9.51. The third-order valence-corrected chi connectivity index (χ3v) is 5.39. The molecule has 4 heterocycles. The number of carbonyl (C=O) groups excluding carboxylic acids is 1. The zero-order valence-electron chi connectivity index (χ0n) is 12.7. The lowest BCUT2D eigenvalue weighted by atomic mass is 9.77. The molecule has 2 fully saturated rings. The molecule has 5 nitrogen and oxygen atoms in total.